The van der Waals surface area contributed by atoms with E-state index in [1.165, 1.54) is 0 Å². The number of nitrogens with one attached hydrogen (secondary N) is 1. The van der Waals surface area contributed by atoms with Gasteiger partial charge in [0.25, 0.3) is 0 Å². The van der Waals surface area contributed by atoms with E-state index in [1.54, 1.807) is 42.4 Å². The lowest BCUT2D eigenvalue weighted by Gasteiger charge is -2.30. The number of nitrogens with zero attached hydrogens (tertiary/aromatic N) is 1. The second-order valence-corrected chi connectivity index (χ2v) is 7.23. The Hall–Kier alpha value is -3.48. The summed E-state index contributed by atoms with van der Waals surface area (Å²) in [5.74, 6) is 1.82. The number of anilines is 1. The van der Waals surface area contributed by atoms with E-state index in [9.17, 15) is 9.59 Å². The number of piperidine rings is 1. The first-order valence-electron chi connectivity index (χ1n) is 9.94. The number of para-hydroxylation sites is 1. The Balaban J connectivity index is 1.29. The zero-order valence-corrected chi connectivity index (χ0v) is 16.8. The third-order valence-electron chi connectivity index (χ3n) is 5.36. The summed E-state index contributed by atoms with van der Waals surface area (Å²) in [7, 11) is 1.61. The number of rotatable bonds is 5. The first-order valence-corrected chi connectivity index (χ1v) is 9.94. The summed E-state index contributed by atoms with van der Waals surface area (Å²) in [6, 6.07) is 12.9. The highest BCUT2D eigenvalue weighted by Gasteiger charge is 2.27. The average Bonchev–Trinajstić information content (AvgIpc) is 3.25. The fourth-order valence-electron chi connectivity index (χ4n) is 3.65. The van der Waals surface area contributed by atoms with Crippen LogP contribution in [-0.2, 0) is 9.59 Å². The summed E-state index contributed by atoms with van der Waals surface area (Å²) < 4.78 is 15.9. The summed E-state index contributed by atoms with van der Waals surface area (Å²) in [6.07, 6.45) is 4.58. The van der Waals surface area contributed by atoms with Gasteiger partial charge in [0, 0.05) is 42.4 Å². The standard InChI is InChI=1S/C23H24N2O5/c1-28-19-5-3-2-4-16(19)6-9-22(26)25-12-10-17(11-13-25)23(27)24-18-7-8-20-21(14-18)30-15-29-20/h2-9,14,17H,10-13,15H2,1H3,(H,24,27). The fourth-order valence-corrected chi connectivity index (χ4v) is 3.65. The molecule has 0 radical (unpaired) electrons. The second-order valence-electron chi connectivity index (χ2n) is 7.23. The lowest BCUT2D eigenvalue weighted by atomic mass is 9.95. The molecule has 0 unspecified atom stereocenters. The maximum Gasteiger partial charge on any atom is 0.246 e. The summed E-state index contributed by atoms with van der Waals surface area (Å²) >= 11 is 0. The fraction of sp³-hybridized carbons (Fsp3) is 0.304. The third-order valence-corrected chi connectivity index (χ3v) is 5.36. The largest absolute Gasteiger partial charge is 0.496 e. The zero-order chi connectivity index (χ0) is 20.9. The number of amides is 2. The molecule has 2 aliphatic heterocycles. The van der Waals surface area contributed by atoms with Crippen LogP contribution >= 0.6 is 0 Å². The predicted molar refractivity (Wildman–Crippen MR) is 113 cm³/mol. The number of methoxy groups -OCH3 is 1. The van der Waals surface area contributed by atoms with Crippen molar-refractivity contribution < 1.29 is 23.8 Å². The van der Waals surface area contributed by atoms with Crippen molar-refractivity contribution in [3.8, 4) is 17.2 Å². The van der Waals surface area contributed by atoms with Gasteiger partial charge in [0.05, 0.1) is 7.11 Å². The normalized spacial score (nSPS) is 16.0. The van der Waals surface area contributed by atoms with E-state index in [4.69, 9.17) is 14.2 Å². The Bertz CT molecular complexity index is 964. The van der Waals surface area contributed by atoms with Crippen LogP contribution in [-0.4, -0.2) is 43.7 Å². The number of benzene rings is 2. The molecule has 0 aromatic heterocycles. The van der Waals surface area contributed by atoms with E-state index in [0.717, 1.165) is 11.3 Å². The van der Waals surface area contributed by atoms with Gasteiger partial charge in [-0.3, -0.25) is 9.59 Å². The van der Waals surface area contributed by atoms with Crippen molar-refractivity contribution in [1.82, 2.24) is 4.90 Å². The van der Waals surface area contributed by atoms with Gasteiger partial charge in [-0.25, -0.2) is 0 Å². The molecule has 2 aliphatic rings. The molecule has 2 aromatic rings. The predicted octanol–water partition coefficient (Wildman–Crippen LogP) is 3.31. The van der Waals surface area contributed by atoms with Gasteiger partial charge >= 0.3 is 0 Å². The van der Waals surface area contributed by atoms with Crippen LogP contribution in [0, 0.1) is 5.92 Å². The Labute approximate surface area is 175 Å². The molecule has 2 heterocycles. The van der Waals surface area contributed by atoms with Gasteiger partial charge in [-0.15, -0.1) is 0 Å². The van der Waals surface area contributed by atoms with Crippen molar-refractivity contribution in [2.45, 2.75) is 12.8 Å². The van der Waals surface area contributed by atoms with Crippen LogP contribution in [0.2, 0.25) is 0 Å². The van der Waals surface area contributed by atoms with Crippen molar-refractivity contribution in [2.75, 3.05) is 32.3 Å². The van der Waals surface area contributed by atoms with Gasteiger partial charge in [-0.05, 0) is 37.1 Å². The maximum absolute atomic E-state index is 12.6. The molecule has 0 bridgehead atoms. The van der Waals surface area contributed by atoms with Gasteiger partial charge in [0.2, 0.25) is 18.6 Å². The van der Waals surface area contributed by atoms with Crippen molar-refractivity contribution in [1.29, 1.82) is 0 Å². The molecule has 0 saturated carbocycles. The molecule has 1 saturated heterocycles. The number of carbonyl (C=O) groups is 2. The van der Waals surface area contributed by atoms with Crippen molar-refractivity contribution in [2.24, 2.45) is 5.92 Å². The van der Waals surface area contributed by atoms with Crippen LogP contribution in [0.15, 0.2) is 48.5 Å². The van der Waals surface area contributed by atoms with Crippen LogP contribution in [0.25, 0.3) is 6.08 Å². The molecule has 7 heteroatoms. The number of hydrogen-bond donors (Lipinski definition) is 1. The average molecular weight is 408 g/mol. The van der Waals surface area contributed by atoms with Crippen LogP contribution in [0.5, 0.6) is 17.2 Å². The first-order chi connectivity index (χ1) is 14.6. The summed E-state index contributed by atoms with van der Waals surface area (Å²) in [4.78, 5) is 26.9. The minimum atomic E-state index is -0.127. The van der Waals surface area contributed by atoms with Gasteiger partial charge in [-0.2, -0.15) is 0 Å². The monoisotopic (exact) mass is 408 g/mol. The molecule has 1 N–H and O–H groups in total. The van der Waals surface area contributed by atoms with E-state index >= 15 is 0 Å². The number of ether oxygens (including phenoxy) is 3. The molecule has 0 aliphatic carbocycles. The Morgan fingerprint density at radius 3 is 2.67 bits per heavy atom. The number of hydrogen-bond acceptors (Lipinski definition) is 5. The lowest BCUT2D eigenvalue weighted by molar-refractivity contribution is -0.130. The molecule has 0 atom stereocenters. The van der Waals surface area contributed by atoms with E-state index in [2.05, 4.69) is 5.32 Å². The van der Waals surface area contributed by atoms with E-state index in [-0.39, 0.29) is 24.5 Å². The number of carbonyl (C=O) groups excluding carboxylic acids is 2. The van der Waals surface area contributed by atoms with E-state index in [1.807, 2.05) is 24.3 Å². The highest BCUT2D eigenvalue weighted by molar-refractivity contribution is 5.94. The second kappa shape index (κ2) is 8.90. The number of fused-ring (bicyclic) bond motifs is 1. The van der Waals surface area contributed by atoms with Gasteiger partial charge in [-0.1, -0.05) is 18.2 Å². The van der Waals surface area contributed by atoms with Crippen molar-refractivity contribution >= 4 is 23.6 Å². The molecule has 0 spiro atoms. The van der Waals surface area contributed by atoms with Crippen molar-refractivity contribution in [3.63, 3.8) is 0 Å². The van der Waals surface area contributed by atoms with Crippen molar-refractivity contribution in [3.05, 3.63) is 54.1 Å². The van der Waals surface area contributed by atoms with Gasteiger partial charge in [0.15, 0.2) is 11.5 Å². The van der Waals surface area contributed by atoms with Crippen LogP contribution in [0.4, 0.5) is 5.69 Å². The third kappa shape index (κ3) is 4.40. The highest BCUT2D eigenvalue weighted by Crippen LogP contribution is 2.34. The molecule has 156 valence electrons. The van der Waals surface area contributed by atoms with Gasteiger partial charge < -0.3 is 24.4 Å². The Morgan fingerprint density at radius 2 is 1.87 bits per heavy atom. The van der Waals surface area contributed by atoms with E-state index < -0.39 is 0 Å². The highest BCUT2D eigenvalue weighted by atomic mass is 16.7. The van der Waals surface area contributed by atoms with E-state index in [0.29, 0.717) is 43.1 Å². The zero-order valence-electron chi connectivity index (χ0n) is 16.8. The maximum atomic E-state index is 12.6. The minimum absolute atomic E-state index is 0.0365. The molecule has 30 heavy (non-hydrogen) atoms. The molecule has 2 aromatic carbocycles. The van der Waals surface area contributed by atoms with Crippen LogP contribution in [0.1, 0.15) is 18.4 Å². The SMILES string of the molecule is COc1ccccc1C=CC(=O)N1CCC(C(=O)Nc2ccc3c(c2)OCO3)CC1. The first kappa shape index (κ1) is 19.8. The summed E-state index contributed by atoms with van der Waals surface area (Å²) in [5, 5.41) is 2.94. The molecular formula is C23H24N2O5. The van der Waals surface area contributed by atoms with Gasteiger partial charge in [0.1, 0.15) is 5.75 Å². The molecule has 4 rings (SSSR count). The topological polar surface area (TPSA) is 77.1 Å². The van der Waals surface area contributed by atoms with Crippen LogP contribution in [0.3, 0.4) is 0 Å². The summed E-state index contributed by atoms with van der Waals surface area (Å²) in [6.45, 7) is 1.30. The molecule has 2 amide bonds. The quantitative estimate of drug-likeness (QED) is 0.768. The molecule has 7 nitrogen and oxygen atoms in total. The lowest BCUT2D eigenvalue weighted by Crippen LogP contribution is -2.40. The number of likely N-dealkylation sites (tertiary alicyclic amines) is 1. The Kier molecular flexibility index (Phi) is 5.88. The Morgan fingerprint density at radius 1 is 1.10 bits per heavy atom. The molecular weight excluding hydrogens is 384 g/mol. The minimum Gasteiger partial charge on any atom is -0.496 e. The summed E-state index contributed by atoms with van der Waals surface area (Å²) in [5.41, 5.74) is 1.54. The van der Waals surface area contributed by atoms with Crippen LogP contribution < -0.4 is 19.5 Å². The molecule has 1 fully saturated rings. The smallest absolute Gasteiger partial charge is 0.246 e.